The Morgan fingerprint density at radius 1 is 0.963 bits per heavy atom. The van der Waals surface area contributed by atoms with Crippen LogP contribution in [0.25, 0.3) is 0 Å². The summed E-state index contributed by atoms with van der Waals surface area (Å²) < 4.78 is 8.61. The number of halogens is 1. The number of benzene rings is 3. The van der Waals surface area contributed by atoms with Gasteiger partial charge >= 0.3 is 27.2 Å². The molecule has 0 unspecified atom stereocenters. The molecule has 0 atom stereocenters. The summed E-state index contributed by atoms with van der Waals surface area (Å²) in [6, 6.07) is 19.6. The van der Waals surface area contributed by atoms with E-state index in [1.54, 1.807) is 18.2 Å². The van der Waals surface area contributed by atoms with E-state index in [4.69, 9.17) is 4.74 Å². The Hall–Kier alpha value is -2.34. The van der Waals surface area contributed by atoms with Gasteiger partial charge in [-0.05, 0) is 51.1 Å². The zero-order chi connectivity index (χ0) is 19.4. The summed E-state index contributed by atoms with van der Waals surface area (Å²) in [5.74, 6) is -0.182. The molecule has 3 nitrogen and oxygen atoms in total. The summed E-state index contributed by atoms with van der Waals surface area (Å²) in [5, 5.41) is 9.25. The van der Waals surface area contributed by atoms with E-state index in [0.29, 0.717) is 5.56 Å². The minimum Gasteiger partial charge on any atom is -0.489 e. The number of carboxylic acid groups (broad SMARTS) is 1. The Balaban J connectivity index is 1.69. The molecule has 3 aromatic rings. The van der Waals surface area contributed by atoms with Crippen molar-refractivity contribution in [3.8, 4) is 5.75 Å². The summed E-state index contributed by atoms with van der Waals surface area (Å²) in [5.41, 5.74) is 5.00. The molecule has 0 saturated heterocycles. The van der Waals surface area contributed by atoms with Crippen LogP contribution in [0.3, 0.4) is 0 Å². The molecule has 3 aromatic carbocycles. The summed E-state index contributed by atoms with van der Waals surface area (Å²) in [7, 11) is 0. The Morgan fingerprint density at radius 3 is 2.22 bits per heavy atom. The van der Waals surface area contributed by atoms with Crippen LogP contribution in [0.1, 0.15) is 32.6 Å². The molecule has 4 heteroatoms. The highest BCUT2D eigenvalue weighted by molar-refractivity contribution is 5.89. The Labute approximate surface area is 170 Å². The second-order valence-corrected chi connectivity index (χ2v) is 9.38. The van der Waals surface area contributed by atoms with Crippen molar-refractivity contribution < 1.29 is 35.8 Å². The van der Waals surface area contributed by atoms with Gasteiger partial charge in [0.15, 0.2) is 7.14 Å². The number of carbonyl (C=O) groups is 1. The lowest BCUT2D eigenvalue weighted by Crippen LogP contribution is -3.62. The monoisotopic (exact) mass is 473 g/mol. The third-order valence-electron chi connectivity index (χ3n) is 4.24. The van der Waals surface area contributed by atoms with Crippen LogP contribution >= 0.6 is 0 Å². The van der Waals surface area contributed by atoms with Gasteiger partial charge in [0, 0.05) is 16.7 Å². The van der Waals surface area contributed by atoms with Gasteiger partial charge in [-0.3, -0.25) is 0 Å². The smallest absolute Gasteiger partial charge is 0.358 e. The zero-order valence-electron chi connectivity index (χ0n) is 15.6. The second-order valence-electron chi connectivity index (χ2n) is 6.51. The van der Waals surface area contributed by atoms with Crippen LogP contribution < -0.4 is 25.9 Å². The van der Waals surface area contributed by atoms with Gasteiger partial charge in [-0.2, -0.15) is 0 Å². The largest absolute Gasteiger partial charge is 0.489 e. The molecule has 0 bridgehead atoms. The quantitative estimate of drug-likeness (QED) is 0.558. The fraction of sp³-hybridized carbons (Fsp3) is 0.174. The standard InChI is InChI=1S/C23H21IO3/c1-15-12-16(2)22(17(3)13-15)24-19-8-10-20(11-9-19)27-14-18-6-4-5-7-21(18)23(25)26/h4-13H,14H2,1-3H3/p+1. The van der Waals surface area contributed by atoms with E-state index >= 15 is 0 Å². The van der Waals surface area contributed by atoms with Crippen LogP contribution in [0.5, 0.6) is 5.75 Å². The van der Waals surface area contributed by atoms with Crippen LogP contribution in [0.4, 0.5) is 0 Å². The lowest BCUT2D eigenvalue weighted by molar-refractivity contribution is -0.598. The maximum absolute atomic E-state index is 11.3. The highest BCUT2D eigenvalue weighted by Gasteiger charge is 2.21. The van der Waals surface area contributed by atoms with Gasteiger partial charge in [0.2, 0.25) is 0 Å². The van der Waals surface area contributed by atoms with Gasteiger partial charge in [0.05, 0.1) is 5.56 Å². The lowest BCUT2D eigenvalue weighted by Gasteiger charge is -2.08. The maximum Gasteiger partial charge on any atom is 0.358 e. The average molecular weight is 473 g/mol. The first-order valence-electron chi connectivity index (χ1n) is 8.71. The predicted octanol–water partition coefficient (Wildman–Crippen LogP) is 2.02. The van der Waals surface area contributed by atoms with E-state index in [2.05, 4.69) is 45.0 Å². The molecule has 0 aliphatic heterocycles. The van der Waals surface area contributed by atoms with Gasteiger partial charge in [-0.15, -0.1) is 0 Å². The highest BCUT2D eigenvalue weighted by Crippen LogP contribution is 2.15. The summed E-state index contributed by atoms with van der Waals surface area (Å²) in [6.07, 6.45) is 0. The fourth-order valence-electron chi connectivity index (χ4n) is 3.03. The van der Waals surface area contributed by atoms with Gasteiger partial charge < -0.3 is 9.84 Å². The van der Waals surface area contributed by atoms with Crippen molar-refractivity contribution >= 4 is 5.97 Å². The number of hydrogen-bond donors (Lipinski definition) is 1. The number of aryl methyl sites for hydroxylation is 3. The maximum atomic E-state index is 11.3. The molecule has 0 spiro atoms. The molecule has 0 saturated carbocycles. The summed E-state index contributed by atoms with van der Waals surface area (Å²) in [4.78, 5) is 11.3. The molecular weight excluding hydrogens is 451 g/mol. The van der Waals surface area contributed by atoms with E-state index in [9.17, 15) is 9.90 Å². The van der Waals surface area contributed by atoms with Crippen molar-refractivity contribution in [2.45, 2.75) is 27.4 Å². The number of ether oxygens (including phenoxy) is 1. The highest BCUT2D eigenvalue weighted by atomic mass is 127. The normalized spacial score (nSPS) is 10.6. The number of aromatic carboxylic acids is 1. The number of rotatable bonds is 6. The first kappa shape index (κ1) is 19.4. The van der Waals surface area contributed by atoms with E-state index in [-0.39, 0.29) is 33.4 Å². The molecule has 0 radical (unpaired) electrons. The molecular formula is C23H22IO3+. The Morgan fingerprint density at radius 2 is 1.59 bits per heavy atom. The van der Waals surface area contributed by atoms with Crippen LogP contribution in [0.2, 0.25) is 0 Å². The van der Waals surface area contributed by atoms with Gasteiger partial charge in [0.1, 0.15) is 12.4 Å². The van der Waals surface area contributed by atoms with Gasteiger partial charge in [-0.25, -0.2) is 4.79 Å². The molecule has 0 amide bonds. The van der Waals surface area contributed by atoms with Crippen LogP contribution in [0, 0.1) is 27.9 Å². The van der Waals surface area contributed by atoms with Crippen molar-refractivity contribution in [1.82, 2.24) is 0 Å². The van der Waals surface area contributed by atoms with Crippen molar-refractivity contribution in [3.63, 3.8) is 0 Å². The van der Waals surface area contributed by atoms with Crippen molar-refractivity contribution in [2.75, 3.05) is 0 Å². The van der Waals surface area contributed by atoms with Crippen LogP contribution in [-0.4, -0.2) is 11.1 Å². The second kappa shape index (κ2) is 8.57. The van der Waals surface area contributed by atoms with Crippen molar-refractivity contribution in [3.05, 3.63) is 95.6 Å². The molecule has 0 aliphatic carbocycles. The topological polar surface area (TPSA) is 46.5 Å². The molecule has 0 fully saturated rings. The number of hydrogen-bond acceptors (Lipinski definition) is 2. The lowest BCUT2D eigenvalue weighted by atomic mass is 10.1. The third-order valence-corrected chi connectivity index (χ3v) is 7.82. The Bertz CT molecular complexity index is 939. The van der Waals surface area contributed by atoms with E-state index in [1.165, 1.54) is 23.8 Å². The van der Waals surface area contributed by atoms with Gasteiger partial charge in [-0.1, -0.05) is 35.9 Å². The van der Waals surface area contributed by atoms with Crippen LogP contribution in [0.15, 0.2) is 60.7 Å². The third kappa shape index (κ3) is 4.89. The molecule has 138 valence electrons. The molecule has 3 rings (SSSR count). The van der Waals surface area contributed by atoms with E-state index in [0.717, 1.165) is 5.75 Å². The summed E-state index contributed by atoms with van der Waals surface area (Å²) >= 11 is -0.242. The SMILES string of the molecule is Cc1cc(C)c([I+]c2ccc(OCc3ccccc3C(=O)O)cc2)c(C)c1. The van der Waals surface area contributed by atoms with E-state index in [1.807, 2.05) is 18.2 Å². The van der Waals surface area contributed by atoms with Crippen molar-refractivity contribution in [2.24, 2.45) is 0 Å². The van der Waals surface area contributed by atoms with Crippen molar-refractivity contribution in [1.29, 1.82) is 0 Å². The molecule has 1 N–H and O–H groups in total. The molecule has 0 aromatic heterocycles. The molecule has 0 heterocycles. The first-order valence-corrected chi connectivity index (χ1v) is 10.9. The zero-order valence-corrected chi connectivity index (χ0v) is 17.8. The molecule has 27 heavy (non-hydrogen) atoms. The minimum atomic E-state index is -0.932. The fourth-order valence-corrected chi connectivity index (χ4v) is 5.53. The first-order chi connectivity index (χ1) is 12.9. The predicted molar refractivity (Wildman–Crippen MR) is 102 cm³/mol. The van der Waals surface area contributed by atoms with Gasteiger partial charge in [0.25, 0.3) is 0 Å². The van der Waals surface area contributed by atoms with E-state index < -0.39 is 5.97 Å². The summed E-state index contributed by atoms with van der Waals surface area (Å²) in [6.45, 7) is 6.75. The van der Waals surface area contributed by atoms with Crippen LogP contribution in [-0.2, 0) is 6.61 Å². The Kier molecular flexibility index (Phi) is 6.16. The molecule has 0 aliphatic rings. The number of carboxylic acids is 1. The minimum absolute atomic E-state index is 0.242. The average Bonchev–Trinajstić information content (AvgIpc) is 2.64.